The van der Waals surface area contributed by atoms with Crippen LogP contribution in [0.25, 0.3) is 6.08 Å². The minimum atomic E-state index is -0.299. The number of rotatable bonds is 6. The number of benzene rings is 2. The van der Waals surface area contributed by atoms with Gasteiger partial charge < -0.3 is 10.6 Å². The van der Waals surface area contributed by atoms with Crippen LogP contribution in [-0.4, -0.2) is 11.8 Å². The first kappa shape index (κ1) is 21.4. The van der Waals surface area contributed by atoms with Gasteiger partial charge in [0, 0.05) is 18.7 Å². The van der Waals surface area contributed by atoms with Crippen LogP contribution in [-0.2, 0) is 9.59 Å². The van der Waals surface area contributed by atoms with Gasteiger partial charge in [-0.15, -0.1) is 0 Å². The summed E-state index contributed by atoms with van der Waals surface area (Å²) in [6, 6.07) is 13.2. The van der Waals surface area contributed by atoms with Crippen molar-refractivity contribution in [3.8, 4) is 0 Å². The van der Waals surface area contributed by atoms with Crippen LogP contribution in [0.5, 0.6) is 0 Å². The standard InChI is InChI=1S/C23H27FN2O2/c1-16(27)25-20-12-5-17(6-13-20)7-14-22(28)26-21(15-23(2,3)4)18-8-10-19(24)11-9-18/h5-14,21H,15H2,1-4H3,(H,25,27)(H,26,28). The molecule has 0 radical (unpaired) electrons. The number of halogens is 1. The highest BCUT2D eigenvalue weighted by atomic mass is 19.1. The van der Waals surface area contributed by atoms with E-state index < -0.39 is 0 Å². The number of anilines is 1. The Labute approximate surface area is 165 Å². The molecular formula is C23H27FN2O2. The molecular weight excluding hydrogens is 355 g/mol. The second kappa shape index (κ2) is 9.31. The Hall–Kier alpha value is -2.95. The quantitative estimate of drug-likeness (QED) is 0.684. The van der Waals surface area contributed by atoms with Crippen molar-refractivity contribution < 1.29 is 14.0 Å². The molecule has 0 spiro atoms. The number of hydrogen-bond acceptors (Lipinski definition) is 2. The summed E-state index contributed by atoms with van der Waals surface area (Å²) in [6.07, 6.45) is 3.92. The minimum Gasteiger partial charge on any atom is -0.346 e. The van der Waals surface area contributed by atoms with Crippen LogP contribution < -0.4 is 10.6 Å². The smallest absolute Gasteiger partial charge is 0.244 e. The molecule has 2 N–H and O–H groups in total. The maximum absolute atomic E-state index is 13.2. The Morgan fingerprint density at radius 2 is 1.64 bits per heavy atom. The van der Waals surface area contributed by atoms with Crippen molar-refractivity contribution in [1.82, 2.24) is 5.32 Å². The molecule has 2 amide bonds. The summed E-state index contributed by atoms with van der Waals surface area (Å²) in [6.45, 7) is 7.75. The molecule has 0 aromatic heterocycles. The molecule has 2 rings (SSSR count). The van der Waals surface area contributed by atoms with Crippen molar-refractivity contribution in [1.29, 1.82) is 0 Å². The fourth-order valence-electron chi connectivity index (χ4n) is 2.83. The van der Waals surface area contributed by atoms with Gasteiger partial charge in [-0.05, 0) is 53.3 Å². The number of amides is 2. The Morgan fingerprint density at radius 3 is 2.18 bits per heavy atom. The van der Waals surface area contributed by atoms with E-state index in [0.717, 1.165) is 17.5 Å². The average Bonchev–Trinajstić information content (AvgIpc) is 2.59. The highest BCUT2D eigenvalue weighted by molar-refractivity contribution is 5.92. The molecule has 1 atom stereocenters. The highest BCUT2D eigenvalue weighted by Crippen LogP contribution is 2.29. The summed E-state index contributed by atoms with van der Waals surface area (Å²) in [7, 11) is 0. The summed E-state index contributed by atoms with van der Waals surface area (Å²) in [5.41, 5.74) is 2.42. The molecule has 28 heavy (non-hydrogen) atoms. The Bertz CT molecular complexity index is 834. The Kier molecular flexibility index (Phi) is 7.10. The molecule has 0 heterocycles. The predicted octanol–water partition coefficient (Wildman–Crippen LogP) is 5.09. The molecule has 0 fully saturated rings. The Balaban J connectivity index is 2.06. The van der Waals surface area contributed by atoms with Gasteiger partial charge in [0.15, 0.2) is 0 Å². The number of carbonyl (C=O) groups is 2. The second-order valence-corrected chi connectivity index (χ2v) is 8.01. The molecule has 0 aliphatic heterocycles. The third-order valence-corrected chi connectivity index (χ3v) is 4.06. The lowest BCUT2D eigenvalue weighted by Gasteiger charge is -2.27. The summed E-state index contributed by atoms with van der Waals surface area (Å²) in [5.74, 6) is -0.648. The van der Waals surface area contributed by atoms with E-state index in [1.165, 1.54) is 25.1 Å². The largest absolute Gasteiger partial charge is 0.346 e. The van der Waals surface area contributed by atoms with E-state index in [0.29, 0.717) is 5.69 Å². The van der Waals surface area contributed by atoms with Crippen molar-refractivity contribution in [3.05, 3.63) is 71.6 Å². The van der Waals surface area contributed by atoms with Crippen LogP contribution in [0.3, 0.4) is 0 Å². The zero-order chi connectivity index (χ0) is 20.7. The van der Waals surface area contributed by atoms with Gasteiger partial charge >= 0.3 is 0 Å². The maximum Gasteiger partial charge on any atom is 0.244 e. The summed E-state index contributed by atoms with van der Waals surface area (Å²) in [4.78, 5) is 23.5. The van der Waals surface area contributed by atoms with E-state index in [1.54, 1.807) is 30.3 Å². The van der Waals surface area contributed by atoms with Crippen molar-refractivity contribution >= 4 is 23.6 Å². The van der Waals surface area contributed by atoms with Gasteiger partial charge in [0.2, 0.25) is 11.8 Å². The fourth-order valence-corrected chi connectivity index (χ4v) is 2.83. The van der Waals surface area contributed by atoms with Crippen LogP contribution in [0.15, 0.2) is 54.6 Å². The molecule has 0 aliphatic rings. The van der Waals surface area contributed by atoms with E-state index in [4.69, 9.17) is 0 Å². The summed E-state index contributed by atoms with van der Waals surface area (Å²) in [5, 5.41) is 5.71. The van der Waals surface area contributed by atoms with Gasteiger partial charge in [0.05, 0.1) is 6.04 Å². The van der Waals surface area contributed by atoms with Crippen LogP contribution >= 0.6 is 0 Å². The molecule has 148 valence electrons. The minimum absolute atomic E-state index is 0.00437. The van der Waals surface area contributed by atoms with Gasteiger partial charge in [0.25, 0.3) is 0 Å². The van der Waals surface area contributed by atoms with Crippen LogP contribution in [0.4, 0.5) is 10.1 Å². The molecule has 0 aliphatic carbocycles. The molecule has 2 aromatic carbocycles. The van der Waals surface area contributed by atoms with Gasteiger partial charge in [-0.3, -0.25) is 9.59 Å². The number of hydrogen-bond donors (Lipinski definition) is 2. The van der Waals surface area contributed by atoms with Crippen molar-refractivity contribution in [2.24, 2.45) is 5.41 Å². The fraction of sp³-hybridized carbons (Fsp3) is 0.304. The van der Waals surface area contributed by atoms with E-state index in [1.807, 2.05) is 12.1 Å². The maximum atomic E-state index is 13.2. The van der Waals surface area contributed by atoms with E-state index in [9.17, 15) is 14.0 Å². The highest BCUT2D eigenvalue weighted by Gasteiger charge is 2.21. The number of nitrogens with one attached hydrogen (secondary N) is 2. The van der Waals surface area contributed by atoms with Gasteiger partial charge in [-0.25, -0.2) is 4.39 Å². The second-order valence-electron chi connectivity index (χ2n) is 8.01. The van der Waals surface area contributed by atoms with E-state index in [2.05, 4.69) is 31.4 Å². The topological polar surface area (TPSA) is 58.2 Å². The zero-order valence-corrected chi connectivity index (χ0v) is 16.8. The first-order valence-corrected chi connectivity index (χ1v) is 9.24. The lowest BCUT2D eigenvalue weighted by molar-refractivity contribution is -0.117. The Morgan fingerprint density at radius 1 is 1.04 bits per heavy atom. The van der Waals surface area contributed by atoms with Crippen molar-refractivity contribution in [2.75, 3.05) is 5.32 Å². The van der Waals surface area contributed by atoms with Gasteiger partial charge in [0.1, 0.15) is 5.82 Å². The van der Waals surface area contributed by atoms with Gasteiger partial charge in [-0.2, -0.15) is 0 Å². The predicted molar refractivity (Wildman–Crippen MR) is 111 cm³/mol. The van der Waals surface area contributed by atoms with E-state index in [-0.39, 0.29) is 29.1 Å². The van der Waals surface area contributed by atoms with Crippen molar-refractivity contribution in [3.63, 3.8) is 0 Å². The molecule has 5 heteroatoms. The third-order valence-electron chi connectivity index (χ3n) is 4.06. The molecule has 2 aromatic rings. The zero-order valence-electron chi connectivity index (χ0n) is 16.8. The monoisotopic (exact) mass is 382 g/mol. The molecule has 4 nitrogen and oxygen atoms in total. The average molecular weight is 382 g/mol. The summed E-state index contributed by atoms with van der Waals surface area (Å²) >= 11 is 0. The molecule has 0 saturated carbocycles. The van der Waals surface area contributed by atoms with Crippen LogP contribution in [0.1, 0.15) is 51.3 Å². The third kappa shape index (κ3) is 7.35. The normalized spacial score (nSPS) is 12.6. The lowest BCUT2D eigenvalue weighted by atomic mass is 9.85. The first-order valence-electron chi connectivity index (χ1n) is 9.24. The van der Waals surface area contributed by atoms with Crippen LogP contribution in [0, 0.1) is 11.2 Å². The van der Waals surface area contributed by atoms with Crippen LogP contribution in [0.2, 0.25) is 0 Å². The van der Waals surface area contributed by atoms with E-state index >= 15 is 0 Å². The molecule has 1 unspecified atom stereocenters. The summed E-state index contributed by atoms with van der Waals surface area (Å²) < 4.78 is 13.2. The number of carbonyl (C=O) groups excluding carboxylic acids is 2. The lowest BCUT2D eigenvalue weighted by Crippen LogP contribution is -2.30. The van der Waals surface area contributed by atoms with Gasteiger partial charge in [-0.1, -0.05) is 45.0 Å². The molecule has 0 bridgehead atoms. The molecule has 0 saturated heterocycles. The SMILES string of the molecule is CC(=O)Nc1ccc(C=CC(=O)NC(CC(C)(C)C)c2ccc(F)cc2)cc1. The van der Waals surface area contributed by atoms with Crippen molar-refractivity contribution in [2.45, 2.75) is 40.2 Å². The first-order chi connectivity index (χ1) is 13.1.